The van der Waals surface area contributed by atoms with E-state index in [1.54, 1.807) is 18.2 Å². The number of carboxylic acids is 2. The number of carbonyl (C=O) groups is 2. The minimum Gasteiger partial charge on any atom is -0.476 e. The van der Waals surface area contributed by atoms with Gasteiger partial charge in [-0.05, 0) is 12.1 Å². The second-order valence-electron chi connectivity index (χ2n) is 4.76. The van der Waals surface area contributed by atoms with Gasteiger partial charge in [0.1, 0.15) is 0 Å². The van der Waals surface area contributed by atoms with Crippen LogP contribution in [-0.4, -0.2) is 63.5 Å². The van der Waals surface area contributed by atoms with Crippen LogP contribution in [0.2, 0.25) is 0 Å². The highest BCUT2D eigenvalue weighted by Crippen LogP contribution is 2.14. The monoisotopic (exact) mass is 354 g/mol. The highest BCUT2D eigenvalue weighted by atomic mass is 32.2. The van der Waals surface area contributed by atoms with Gasteiger partial charge < -0.3 is 10.2 Å². The van der Waals surface area contributed by atoms with Gasteiger partial charge in [0.05, 0.1) is 11.4 Å². The largest absolute Gasteiger partial charge is 0.476 e. The van der Waals surface area contributed by atoms with Gasteiger partial charge in [-0.25, -0.2) is 22.7 Å². The number of likely N-dealkylation sites (N-methyl/N-ethyl adjacent to an activating group) is 1. The minimum atomic E-state index is -3.74. The third-order valence-corrected chi connectivity index (χ3v) is 5.09. The van der Waals surface area contributed by atoms with Crippen molar-refractivity contribution in [3.05, 3.63) is 41.7 Å². The molecule has 0 aliphatic carbocycles. The van der Waals surface area contributed by atoms with Gasteiger partial charge in [0.2, 0.25) is 15.7 Å². The lowest BCUT2D eigenvalue weighted by Crippen LogP contribution is -2.31. The predicted octanol–water partition coefficient (Wildman–Crippen LogP) is -0.00480. The Labute approximate surface area is 137 Å². The molecule has 0 fully saturated rings. The molecule has 0 aliphatic heterocycles. The van der Waals surface area contributed by atoms with Gasteiger partial charge in [0.15, 0.2) is 5.69 Å². The molecule has 2 rings (SSSR count). The van der Waals surface area contributed by atoms with Crippen molar-refractivity contribution in [2.24, 2.45) is 0 Å². The summed E-state index contributed by atoms with van der Waals surface area (Å²) in [6.45, 7) is -0.273. The van der Waals surface area contributed by atoms with Crippen LogP contribution in [0.3, 0.4) is 0 Å². The second kappa shape index (κ2) is 6.76. The van der Waals surface area contributed by atoms with Crippen LogP contribution in [0, 0.1) is 0 Å². The highest BCUT2D eigenvalue weighted by molar-refractivity contribution is 7.89. The van der Waals surface area contributed by atoms with E-state index in [9.17, 15) is 18.0 Å². The van der Waals surface area contributed by atoms with Crippen molar-refractivity contribution in [1.82, 2.24) is 19.3 Å². The summed E-state index contributed by atoms with van der Waals surface area (Å²) in [5.74, 6) is -3.03. The third-order valence-electron chi connectivity index (χ3n) is 3.22. The Morgan fingerprint density at radius 2 is 1.79 bits per heavy atom. The molecule has 10 nitrogen and oxygen atoms in total. The first-order valence-corrected chi connectivity index (χ1v) is 8.10. The fraction of sp³-hybridized carbons (Fsp3) is 0.231. The number of hydrogen-bond donors (Lipinski definition) is 2. The molecule has 0 spiro atoms. The van der Waals surface area contributed by atoms with Crippen LogP contribution < -0.4 is 0 Å². The molecule has 1 heterocycles. The second-order valence-corrected chi connectivity index (χ2v) is 6.80. The zero-order chi connectivity index (χ0) is 17.9. The zero-order valence-corrected chi connectivity index (χ0v) is 13.3. The number of aromatic carboxylic acids is 2. The van der Waals surface area contributed by atoms with E-state index in [2.05, 4.69) is 10.3 Å². The van der Waals surface area contributed by atoms with Crippen LogP contribution >= 0.6 is 0 Å². The van der Waals surface area contributed by atoms with Crippen molar-refractivity contribution in [2.45, 2.75) is 11.4 Å². The fourth-order valence-electron chi connectivity index (χ4n) is 1.95. The Hall–Kier alpha value is -2.79. The molecule has 2 N–H and O–H groups in total. The molecule has 0 unspecified atom stereocenters. The highest BCUT2D eigenvalue weighted by Gasteiger charge is 2.26. The maximum absolute atomic E-state index is 12.4. The molecule has 11 heteroatoms. The smallest absolute Gasteiger partial charge is 0.359 e. The van der Waals surface area contributed by atoms with E-state index in [1.807, 2.05) is 0 Å². The minimum absolute atomic E-state index is 0.0933. The molecule has 2 aromatic rings. The number of nitrogens with zero attached hydrogens (tertiary/aromatic N) is 4. The Morgan fingerprint density at radius 3 is 2.33 bits per heavy atom. The average molecular weight is 354 g/mol. The molecule has 0 amide bonds. The molecule has 0 aliphatic rings. The summed E-state index contributed by atoms with van der Waals surface area (Å²) in [5, 5.41) is 24.8. The number of sulfonamides is 1. The van der Waals surface area contributed by atoms with Crippen LogP contribution in [0.5, 0.6) is 0 Å². The third kappa shape index (κ3) is 3.41. The molecule has 0 saturated heterocycles. The average Bonchev–Trinajstić information content (AvgIpc) is 2.97. The molecule has 0 saturated carbocycles. The van der Waals surface area contributed by atoms with E-state index in [4.69, 9.17) is 10.2 Å². The van der Waals surface area contributed by atoms with Gasteiger partial charge in [-0.15, -0.1) is 5.10 Å². The Kier molecular flexibility index (Phi) is 4.95. The summed E-state index contributed by atoms with van der Waals surface area (Å²) in [7, 11) is -2.41. The molecule has 1 aromatic heterocycles. The zero-order valence-electron chi connectivity index (χ0n) is 12.5. The van der Waals surface area contributed by atoms with Gasteiger partial charge in [-0.3, -0.25) is 0 Å². The van der Waals surface area contributed by atoms with E-state index >= 15 is 0 Å². The van der Waals surface area contributed by atoms with Crippen LogP contribution in [0.4, 0.5) is 0 Å². The summed E-state index contributed by atoms with van der Waals surface area (Å²) >= 11 is 0. The Morgan fingerprint density at radius 1 is 1.17 bits per heavy atom. The molecule has 0 atom stereocenters. The maximum Gasteiger partial charge on any atom is 0.359 e. The van der Waals surface area contributed by atoms with E-state index in [0.717, 1.165) is 8.99 Å². The SMILES string of the molecule is CN(CCn1nnc(C(=O)O)c1C(=O)O)S(=O)(=O)c1ccccc1. The number of rotatable bonds is 7. The lowest BCUT2D eigenvalue weighted by atomic mass is 10.3. The normalized spacial score (nSPS) is 11.6. The van der Waals surface area contributed by atoms with E-state index < -0.39 is 33.3 Å². The number of aromatic nitrogens is 3. The van der Waals surface area contributed by atoms with Gasteiger partial charge in [0.25, 0.3) is 0 Å². The van der Waals surface area contributed by atoms with Crippen molar-refractivity contribution in [3.63, 3.8) is 0 Å². The lowest BCUT2D eigenvalue weighted by molar-refractivity contribution is 0.0640. The van der Waals surface area contributed by atoms with Gasteiger partial charge in [-0.1, -0.05) is 23.4 Å². The molecule has 0 bridgehead atoms. The first kappa shape index (κ1) is 17.6. The molecule has 24 heavy (non-hydrogen) atoms. The first-order valence-electron chi connectivity index (χ1n) is 6.66. The lowest BCUT2D eigenvalue weighted by Gasteiger charge is -2.17. The predicted molar refractivity (Wildman–Crippen MR) is 80.2 cm³/mol. The summed E-state index contributed by atoms with van der Waals surface area (Å²) < 4.78 is 26.6. The first-order chi connectivity index (χ1) is 11.2. The standard InChI is InChI=1S/C13H14N4O6S/c1-16(24(22,23)9-5-3-2-4-6-9)7-8-17-11(13(20)21)10(12(18)19)14-15-17/h2-6H,7-8H2,1H3,(H,18,19)(H,20,21). The van der Waals surface area contributed by atoms with Crippen LogP contribution in [0.15, 0.2) is 35.2 Å². The van der Waals surface area contributed by atoms with Crippen molar-refractivity contribution in [3.8, 4) is 0 Å². The van der Waals surface area contributed by atoms with Crippen molar-refractivity contribution < 1.29 is 28.2 Å². The van der Waals surface area contributed by atoms with Gasteiger partial charge in [-0.2, -0.15) is 4.31 Å². The Bertz CT molecular complexity index is 862. The summed E-state index contributed by atoms with van der Waals surface area (Å²) in [4.78, 5) is 22.2. The van der Waals surface area contributed by atoms with Gasteiger partial charge >= 0.3 is 11.9 Å². The van der Waals surface area contributed by atoms with Crippen LogP contribution in [0.1, 0.15) is 21.0 Å². The molecule has 128 valence electrons. The topological polar surface area (TPSA) is 143 Å². The summed E-state index contributed by atoms with van der Waals surface area (Å²) in [6, 6.07) is 7.72. The Balaban J connectivity index is 2.20. The van der Waals surface area contributed by atoms with Crippen LogP contribution in [0.25, 0.3) is 0 Å². The molecule has 1 aromatic carbocycles. The quantitative estimate of drug-likeness (QED) is 0.707. The summed E-state index contributed by atoms with van der Waals surface area (Å²) in [5.41, 5.74) is -1.30. The molecular weight excluding hydrogens is 340 g/mol. The van der Waals surface area contributed by atoms with E-state index in [-0.39, 0.29) is 18.0 Å². The number of hydrogen-bond acceptors (Lipinski definition) is 6. The number of benzene rings is 1. The van der Waals surface area contributed by atoms with Gasteiger partial charge in [0, 0.05) is 13.6 Å². The number of carboxylic acid groups (broad SMARTS) is 2. The molecule has 0 radical (unpaired) electrons. The van der Waals surface area contributed by atoms with Crippen molar-refractivity contribution in [1.29, 1.82) is 0 Å². The summed E-state index contributed by atoms with van der Waals surface area (Å²) in [6.07, 6.45) is 0. The fourth-order valence-corrected chi connectivity index (χ4v) is 3.14. The van der Waals surface area contributed by atoms with Crippen LogP contribution in [-0.2, 0) is 16.6 Å². The molecular formula is C13H14N4O6S. The maximum atomic E-state index is 12.4. The van der Waals surface area contributed by atoms with E-state index in [0.29, 0.717) is 0 Å². The van der Waals surface area contributed by atoms with Crippen molar-refractivity contribution >= 4 is 22.0 Å². The van der Waals surface area contributed by atoms with Crippen molar-refractivity contribution in [2.75, 3.05) is 13.6 Å². The van der Waals surface area contributed by atoms with E-state index in [1.165, 1.54) is 19.2 Å².